The molecule has 1 fully saturated rings. The molecule has 18 heavy (non-hydrogen) atoms. The van der Waals surface area contributed by atoms with E-state index in [4.69, 9.17) is 38.4 Å². The summed E-state index contributed by atoms with van der Waals surface area (Å²) in [7, 11) is 0. The van der Waals surface area contributed by atoms with Crippen molar-refractivity contribution in [3.05, 3.63) is 22.2 Å². The number of hydrogen-bond acceptors (Lipinski definition) is 3. The molecule has 1 saturated heterocycles. The van der Waals surface area contributed by atoms with Crippen LogP contribution in [0.1, 0.15) is 26.7 Å². The maximum absolute atomic E-state index is 6.05. The van der Waals surface area contributed by atoms with Crippen LogP contribution in [0.5, 0.6) is 5.75 Å². The van der Waals surface area contributed by atoms with E-state index in [0.29, 0.717) is 28.1 Å². The number of nitrogens with two attached hydrogens (primary N) is 1. The normalized spacial score (nSPS) is 22.1. The Morgan fingerprint density at radius 3 is 2.50 bits per heavy atom. The first-order valence-corrected chi connectivity index (χ1v) is 6.68. The number of anilines is 1. The van der Waals surface area contributed by atoms with E-state index in [-0.39, 0.29) is 11.7 Å². The van der Waals surface area contributed by atoms with Gasteiger partial charge in [0.05, 0.1) is 21.8 Å². The van der Waals surface area contributed by atoms with Gasteiger partial charge in [0, 0.05) is 5.69 Å². The van der Waals surface area contributed by atoms with Crippen molar-refractivity contribution in [3.8, 4) is 5.75 Å². The molecule has 1 aromatic carbocycles. The number of ether oxygens (including phenoxy) is 2. The zero-order valence-electron chi connectivity index (χ0n) is 10.5. The Morgan fingerprint density at radius 1 is 1.39 bits per heavy atom. The highest BCUT2D eigenvalue weighted by Crippen LogP contribution is 2.36. The molecule has 1 atom stereocenters. The summed E-state index contributed by atoms with van der Waals surface area (Å²) in [6.45, 7) is 4.61. The topological polar surface area (TPSA) is 44.5 Å². The lowest BCUT2D eigenvalue weighted by molar-refractivity contribution is -0.0326. The van der Waals surface area contributed by atoms with Crippen LogP contribution in [0.15, 0.2) is 12.1 Å². The van der Waals surface area contributed by atoms with Gasteiger partial charge in [-0.25, -0.2) is 0 Å². The molecule has 0 radical (unpaired) electrons. The molecule has 2 N–H and O–H groups in total. The maximum atomic E-state index is 6.05. The molecule has 1 aliphatic rings. The molecule has 100 valence electrons. The molecule has 0 saturated carbocycles. The van der Waals surface area contributed by atoms with E-state index in [9.17, 15) is 0 Å². The Kier molecular flexibility index (Phi) is 3.95. The molecule has 3 nitrogen and oxygen atoms in total. The molecule has 0 aromatic heterocycles. The van der Waals surface area contributed by atoms with Crippen LogP contribution in [0.4, 0.5) is 5.69 Å². The minimum atomic E-state index is -0.0667. The van der Waals surface area contributed by atoms with Gasteiger partial charge in [0.2, 0.25) is 0 Å². The van der Waals surface area contributed by atoms with Gasteiger partial charge in [-0.1, -0.05) is 23.2 Å². The highest BCUT2D eigenvalue weighted by atomic mass is 35.5. The third kappa shape index (κ3) is 3.22. The zero-order valence-corrected chi connectivity index (χ0v) is 12.0. The molecule has 1 heterocycles. The fourth-order valence-electron chi connectivity index (χ4n) is 2.09. The van der Waals surface area contributed by atoms with Gasteiger partial charge >= 0.3 is 0 Å². The quantitative estimate of drug-likeness (QED) is 0.858. The molecule has 5 heteroatoms. The van der Waals surface area contributed by atoms with Crippen LogP contribution in [0.3, 0.4) is 0 Å². The Labute approximate surface area is 117 Å². The summed E-state index contributed by atoms with van der Waals surface area (Å²) >= 11 is 12.1. The van der Waals surface area contributed by atoms with Crippen LogP contribution >= 0.6 is 23.2 Å². The average Bonchev–Trinajstić information content (AvgIpc) is 2.56. The first-order valence-electron chi connectivity index (χ1n) is 5.92. The van der Waals surface area contributed by atoms with Crippen LogP contribution in [0.2, 0.25) is 10.0 Å². The second-order valence-corrected chi connectivity index (χ2v) is 5.98. The van der Waals surface area contributed by atoms with Crippen molar-refractivity contribution in [2.75, 3.05) is 12.3 Å². The lowest BCUT2D eigenvalue weighted by Gasteiger charge is -2.20. The number of benzene rings is 1. The summed E-state index contributed by atoms with van der Waals surface area (Å²) in [4.78, 5) is 0. The predicted octanol–water partition coefficient (Wildman–Crippen LogP) is 3.91. The molecule has 2 rings (SSSR count). The van der Waals surface area contributed by atoms with Crippen LogP contribution in [0.25, 0.3) is 0 Å². The molecular weight excluding hydrogens is 273 g/mol. The van der Waals surface area contributed by atoms with Gasteiger partial charge in [-0.3, -0.25) is 0 Å². The minimum Gasteiger partial charge on any atom is -0.488 e. The number of hydrogen-bond donors (Lipinski definition) is 1. The van der Waals surface area contributed by atoms with Crippen molar-refractivity contribution in [1.82, 2.24) is 0 Å². The zero-order chi connectivity index (χ0) is 13.3. The Bertz CT molecular complexity index is 426. The molecule has 0 spiro atoms. The van der Waals surface area contributed by atoms with Crippen molar-refractivity contribution in [3.63, 3.8) is 0 Å². The summed E-state index contributed by atoms with van der Waals surface area (Å²) in [5, 5.41) is 0.856. The highest BCUT2D eigenvalue weighted by Gasteiger charge is 2.32. The van der Waals surface area contributed by atoms with Crippen LogP contribution in [-0.2, 0) is 4.74 Å². The molecule has 1 aromatic rings. The van der Waals surface area contributed by atoms with Gasteiger partial charge in [-0.05, 0) is 38.8 Å². The largest absolute Gasteiger partial charge is 0.488 e. The van der Waals surface area contributed by atoms with E-state index in [2.05, 4.69) is 13.8 Å². The van der Waals surface area contributed by atoms with Gasteiger partial charge in [0.15, 0.2) is 5.75 Å². The standard InChI is InChI=1S/C13H17Cl2NO2/c1-13(2)4-3-9(18-13)7-17-12-10(14)5-8(16)6-11(12)15/h5-6,9H,3-4,7,16H2,1-2H3. The average molecular weight is 290 g/mol. The summed E-state index contributed by atoms with van der Waals surface area (Å²) in [6.07, 6.45) is 2.10. The summed E-state index contributed by atoms with van der Waals surface area (Å²) in [5.74, 6) is 0.473. The summed E-state index contributed by atoms with van der Waals surface area (Å²) < 4.78 is 11.5. The maximum Gasteiger partial charge on any atom is 0.156 e. The van der Waals surface area contributed by atoms with E-state index in [0.717, 1.165) is 12.8 Å². The first kappa shape index (κ1) is 13.8. The van der Waals surface area contributed by atoms with Crippen molar-refractivity contribution in [2.45, 2.75) is 38.4 Å². The molecule has 1 aliphatic heterocycles. The van der Waals surface area contributed by atoms with Gasteiger partial charge in [0.1, 0.15) is 6.61 Å². The first-order chi connectivity index (χ1) is 8.37. The van der Waals surface area contributed by atoms with Crippen molar-refractivity contribution in [1.29, 1.82) is 0 Å². The molecular formula is C13H17Cl2NO2. The highest BCUT2D eigenvalue weighted by molar-refractivity contribution is 6.37. The monoisotopic (exact) mass is 289 g/mol. The van der Waals surface area contributed by atoms with Crippen molar-refractivity contribution < 1.29 is 9.47 Å². The molecule has 0 bridgehead atoms. The van der Waals surface area contributed by atoms with Gasteiger partial charge in [0.25, 0.3) is 0 Å². The van der Waals surface area contributed by atoms with Crippen molar-refractivity contribution in [2.24, 2.45) is 0 Å². The van der Waals surface area contributed by atoms with Gasteiger partial charge < -0.3 is 15.2 Å². The SMILES string of the molecule is CC1(C)CCC(COc2c(Cl)cc(N)cc2Cl)O1. The summed E-state index contributed by atoms with van der Waals surface area (Å²) in [5.41, 5.74) is 6.09. The van der Waals surface area contributed by atoms with E-state index >= 15 is 0 Å². The predicted molar refractivity (Wildman–Crippen MR) is 74.6 cm³/mol. The van der Waals surface area contributed by atoms with E-state index in [1.807, 2.05) is 0 Å². The Hall–Kier alpha value is -0.640. The van der Waals surface area contributed by atoms with Crippen LogP contribution in [0, 0.1) is 0 Å². The number of nitrogen functional groups attached to an aromatic ring is 1. The number of rotatable bonds is 3. The smallest absolute Gasteiger partial charge is 0.156 e. The van der Waals surface area contributed by atoms with Crippen molar-refractivity contribution >= 4 is 28.9 Å². The summed E-state index contributed by atoms with van der Waals surface area (Å²) in [6, 6.07) is 3.25. The Balaban J connectivity index is 1.99. The minimum absolute atomic E-state index is 0.0667. The van der Waals surface area contributed by atoms with Crippen LogP contribution < -0.4 is 10.5 Å². The van der Waals surface area contributed by atoms with Gasteiger partial charge in [-0.2, -0.15) is 0 Å². The molecule has 0 amide bonds. The lowest BCUT2D eigenvalue weighted by Crippen LogP contribution is -2.24. The van der Waals surface area contributed by atoms with E-state index in [1.165, 1.54) is 0 Å². The lowest BCUT2D eigenvalue weighted by atomic mass is 10.1. The van der Waals surface area contributed by atoms with E-state index in [1.54, 1.807) is 12.1 Å². The molecule has 1 unspecified atom stereocenters. The third-order valence-electron chi connectivity index (χ3n) is 2.99. The molecule has 0 aliphatic carbocycles. The fraction of sp³-hybridized carbons (Fsp3) is 0.538. The third-order valence-corrected chi connectivity index (χ3v) is 3.55. The Morgan fingerprint density at radius 2 is 2.00 bits per heavy atom. The second-order valence-electron chi connectivity index (χ2n) is 5.16. The number of halogens is 2. The second kappa shape index (κ2) is 5.16. The fourth-order valence-corrected chi connectivity index (χ4v) is 2.70. The van der Waals surface area contributed by atoms with Crippen LogP contribution in [-0.4, -0.2) is 18.3 Å². The van der Waals surface area contributed by atoms with E-state index < -0.39 is 0 Å². The van der Waals surface area contributed by atoms with Gasteiger partial charge in [-0.15, -0.1) is 0 Å².